The Hall–Kier alpha value is -5.32. The van der Waals surface area contributed by atoms with Crippen molar-refractivity contribution in [1.29, 1.82) is 0 Å². The summed E-state index contributed by atoms with van der Waals surface area (Å²) >= 11 is 6.36. The molecule has 5 rings (SSSR count). The largest absolute Gasteiger partial charge is 0.495 e. The van der Waals surface area contributed by atoms with E-state index in [9.17, 15) is 29.1 Å². The number of esters is 2. The zero-order chi connectivity index (χ0) is 45.3. The molecule has 2 aromatic carbocycles. The van der Waals surface area contributed by atoms with Crippen molar-refractivity contribution in [3.8, 4) is 5.75 Å². The van der Waals surface area contributed by atoms with Crippen LogP contribution in [0, 0.1) is 17.3 Å². The second kappa shape index (κ2) is 21.2. The fraction of sp³-hybridized carbons (Fsp3) is 0.533. The molecule has 0 aliphatic carbocycles. The molecule has 0 saturated carbocycles. The predicted molar refractivity (Wildman–Crippen MR) is 229 cm³/mol. The molecule has 1 unspecified atom stereocenters. The number of methoxy groups -OCH3 is 1. The van der Waals surface area contributed by atoms with Crippen molar-refractivity contribution in [2.24, 2.45) is 17.3 Å². The summed E-state index contributed by atoms with van der Waals surface area (Å²) < 4.78 is 24.8. The lowest BCUT2D eigenvalue weighted by atomic mass is 9.92. The number of carbonyl (C=O) groups excluding carboxylic acids is 4. The van der Waals surface area contributed by atoms with Gasteiger partial charge in [-0.2, -0.15) is 0 Å². The number of rotatable bonds is 15. The molecule has 17 heteroatoms. The summed E-state index contributed by atoms with van der Waals surface area (Å²) in [5.41, 5.74) is 2.09. The molecule has 2 aliphatic rings. The number of ether oxygens (including phenoxy) is 4. The Bertz CT molecular complexity index is 2090. The number of carboxylic acids is 1. The van der Waals surface area contributed by atoms with Crippen LogP contribution in [0.15, 0.2) is 60.8 Å². The third-order valence-electron chi connectivity index (χ3n) is 11.0. The van der Waals surface area contributed by atoms with Gasteiger partial charge in [-0.05, 0) is 74.6 Å². The first kappa shape index (κ1) is 47.7. The minimum atomic E-state index is -1.24. The van der Waals surface area contributed by atoms with Gasteiger partial charge in [-0.25, -0.2) is 14.3 Å². The highest BCUT2D eigenvalue weighted by molar-refractivity contribution is 6.32. The van der Waals surface area contributed by atoms with Crippen LogP contribution in [0.5, 0.6) is 5.75 Å². The molecular formula is C45H59ClN6O10. The number of amides is 2. The van der Waals surface area contributed by atoms with E-state index >= 15 is 0 Å². The number of epoxide rings is 1. The van der Waals surface area contributed by atoms with E-state index in [4.69, 9.17) is 30.5 Å². The van der Waals surface area contributed by atoms with Gasteiger partial charge in [-0.15, -0.1) is 5.10 Å². The van der Waals surface area contributed by atoms with Crippen molar-refractivity contribution >= 4 is 41.3 Å². The number of nitrogens with zero attached hydrogens (tertiary/aromatic N) is 4. The Balaban J connectivity index is 1.30. The molecular weight excluding hydrogens is 820 g/mol. The third kappa shape index (κ3) is 12.9. The lowest BCUT2D eigenvalue weighted by Crippen LogP contribution is -2.51. The minimum absolute atomic E-state index is 0.0209. The zero-order valence-electron chi connectivity index (χ0n) is 36.6. The Morgan fingerprint density at radius 1 is 1.06 bits per heavy atom. The topological polar surface area (TPSA) is 204 Å². The van der Waals surface area contributed by atoms with E-state index in [1.807, 2.05) is 52.1 Å². The van der Waals surface area contributed by atoms with E-state index in [0.717, 1.165) is 11.1 Å². The van der Waals surface area contributed by atoms with E-state index in [0.29, 0.717) is 41.5 Å². The summed E-state index contributed by atoms with van der Waals surface area (Å²) in [4.78, 5) is 68.0. The number of hydrogen-bond donors (Lipinski definition) is 3. The summed E-state index contributed by atoms with van der Waals surface area (Å²) in [5, 5.41) is 23.5. The number of aromatic nitrogens is 3. The molecule has 2 aliphatic heterocycles. The molecule has 336 valence electrons. The van der Waals surface area contributed by atoms with Crippen molar-refractivity contribution in [2.45, 2.75) is 117 Å². The van der Waals surface area contributed by atoms with Gasteiger partial charge in [0.15, 0.2) is 12.1 Å². The molecule has 16 nitrogen and oxygen atoms in total. The van der Waals surface area contributed by atoms with Gasteiger partial charge in [-0.1, -0.05) is 80.9 Å². The maximum absolute atomic E-state index is 13.9. The lowest BCUT2D eigenvalue weighted by Gasteiger charge is -2.29. The molecule has 0 radical (unpaired) electrons. The Morgan fingerprint density at radius 2 is 1.77 bits per heavy atom. The van der Waals surface area contributed by atoms with E-state index in [2.05, 4.69) is 25.8 Å². The SMILES string of the molecule is CCC(C(=O)O)n1cc(CN(C)Cc2ccc([C@H]3O[C@@H]3[C@@H](C)[C@@H]3C/C=C/C(=O)N[C@H](Cc4ccc(OC)c(Cl)c4)C(=O)NCC(C)(C)C(=O)O[C@@H](CC(C)C)C(=O)O3)cc2)nn1. The standard InChI is InChI=1S/C45H59ClN6O10/c1-9-34(42(55)56)52-24-31(49-50-52)23-51(7)22-28-13-16-30(17-14-28)40-39(62-40)27(4)35-11-10-12-38(53)48-33(21-29-15-18-36(59-8)32(46)20-29)41(54)47-25-45(5,6)44(58)61-37(19-26(2)3)43(57)60-35/h10,12-18,20,24,26-27,33-35,37,39-40H,9,11,19,21-23,25H2,1-8H3,(H,47,54)(H,48,53)(H,55,56)/b12-10+/t27-,33+,34?,35-,37-,39+,40+/m0/s1. The van der Waals surface area contributed by atoms with Crippen molar-refractivity contribution in [3.63, 3.8) is 0 Å². The van der Waals surface area contributed by atoms with Crippen LogP contribution in [-0.2, 0) is 57.7 Å². The zero-order valence-corrected chi connectivity index (χ0v) is 37.4. The summed E-state index contributed by atoms with van der Waals surface area (Å²) in [5.74, 6) is -3.29. The maximum atomic E-state index is 13.9. The van der Waals surface area contributed by atoms with Crippen LogP contribution < -0.4 is 15.4 Å². The number of hydrogen-bond acceptors (Lipinski definition) is 12. The monoisotopic (exact) mass is 878 g/mol. The summed E-state index contributed by atoms with van der Waals surface area (Å²) in [6.07, 6.45) is 2.89. The van der Waals surface area contributed by atoms with Crippen molar-refractivity contribution in [3.05, 3.63) is 88.2 Å². The van der Waals surface area contributed by atoms with E-state index in [1.54, 1.807) is 51.2 Å². The second-order valence-electron chi connectivity index (χ2n) is 17.2. The van der Waals surface area contributed by atoms with Gasteiger partial charge in [0.2, 0.25) is 11.8 Å². The normalized spacial score (nSPS) is 23.8. The van der Waals surface area contributed by atoms with Crippen LogP contribution in [0.3, 0.4) is 0 Å². The van der Waals surface area contributed by atoms with Crippen LogP contribution in [-0.4, -0.2) is 99.8 Å². The molecule has 3 aromatic rings. The number of cyclic esters (lactones) is 2. The number of carbonyl (C=O) groups is 5. The Kier molecular flexibility index (Phi) is 16.3. The number of halogens is 1. The van der Waals surface area contributed by atoms with Gasteiger partial charge in [0.25, 0.3) is 0 Å². The van der Waals surface area contributed by atoms with Gasteiger partial charge >= 0.3 is 17.9 Å². The fourth-order valence-electron chi connectivity index (χ4n) is 7.29. The third-order valence-corrected chi connectivity index (χ3v) is 11.3. The van der Waals surface area contributed by atoms with Crippen LogP contribution in [0.2, 0.25) is 5.02 Å². The average Bonchev–Trinajstić information content (AvgIpc) is 3.89. The Morgan fingerprint density at radius 3 is 2.42 bits per heavy atom. The molecule has 1 saturated heterocycles. The fourth-order valence-corrected chi connectivity index (χ4v) is 7.57. The van der Waals surface area contributed by atoms with Crippen LogP contribution in [0.1, 0.15) is 95.3 Å². The van der Waals surface area contributed by atoms with Gasteiger partial charge in [0.1, 0.15) is 24.0 Å². The van der Waals surface area contributed by atoms with Crippen molar-refractivity contribution < 1.29 is 48.0 Å². The first-order valence-electron chi connectivity index (χ1n) is 20.9. The van der Waals surface area contributed by atoms with Gasteiger partial charge in [0, 0.05) is 38.4 Å². The number of benzene rings is 2. The number of nitrogens with one attached hydrogen (secondary N) is 2. The molecule has 1 aromatic heterocycles. The quantitative estimate of drug-likeness (QED) is 0.130. The van der Waals surface area contributed by atoms with Crippen LogP contribution in [0.25, 0.3) is 0 Å². The highest BCUT2D eigenvalue weighted by Crippen LogP contribution is 2.45. The first-order chi connectivity index (χ1) is 29.4. The van der Waals surface area contributed by atoms with E-state index in [-0.39, 0.29) is 49.9 Å². The molecule has 62 heavy (non-hydrogen) atoms. The highest BCUT2D eigenvalue weighted by atomic mass is 35.5. The second-order valence-corrected chi connectivity index (χ2v) is 17.6. The smallest absolute Gasteiger partial charge is 0.347 e. The van der Waals surface area contributed by atoms with Gasteiger partial charge in [0.05, 0.1) is 35.5 Å². The molecule has 1 fully saturated rings. The minimum Gasteiger partial charge on any atom is -0.495 e. The lowest BCUT2D eigenvalue weighted by molar-refractivity contribution is -0.179. The first-order valence-corrected chi connectivity index (χ1v) is 21.3. The van der Waals surface area contributed by atoms with E-state index in [1.165, 1.54) is 17.9 Å². The summed E-state index contributed by atoms with van der Waals surface area (Å²) in [7, 11) is 3.44. The number of aliphatic carboxylic acids is 1. The summed E-state index contributed by atoms with van der Waals surface area (Å²) in [6.45, 7) is 11.7. The predicted octanol–water partition coefficient (Wildman–Crippen LogP) is 5.38. The van der Waals surface area contributed by atoms with Crippen molar-refractivity contribution in [1.82, 2.24) is 30.5 Å². The maximum Gasteiger partial charge on any atom is 0.347 e. The molecule has 3 heterocycles. The van der Waals surface area contributed by atoms with Crippen molar-refractivity contribution in [2.75, 3.05) is 20.7 Å². The molecule has 3 N–H and O–H groups in total. The molecule has 7 atom stereocenters. The van der Waals surface area contributed by atoms with E-state index < -0.39 is 59.4 Å². The summed E-state index contributed by atoms with van der Waals surface area (Å²) in [6, 6.07) is 11.3. The average molecular weight is 879 g/mol. The van der Waals surface area contributed by atoms with Crippen LogP contribution in [0.4, 0.5) is 0 Å². The Labute approximate surface area is 367 Å². The van der Waals surface area contributed by atoms with Crippen LogP contribution >= 0.6 is 11.6 Å². The highest BCUT2D eigenvalue weighted by Gasteiger charge is 2.48. The molecule has 0 bridgehead atoms. The van der Waals surface area contributed by atoms with Gasteiger partial charge < -0.3 is 34.7 Å². The molecule has 2 amide bonds. The molecule has 0 spiro atoms. The number of carboxylic acid groups (broad SMARTS) is 1. The van der Waals surface area contributed by atoms with Gasteiger partial charge in [-0.3, -0.25) is 19.3 Å².